The second-order valence-corrected chi connectivity index (χ2v) is 10.2. The van der Waals surface area contributed by atoms with Gasteiger partial charge in [-0.3, -0.25) is 4.99 Å². The summed E-state index contributed by atoms with van der Waals surface area (Å²) in [6, 6.07) is 6.09. The monoisotopic (exact) mass is 525 g/mol. The van der Waals surface area contributed by atoms with Crippen LogP contribution in [-0.4, -0.2) is 58.3 Å². The van der Waals surface area contributed by atoms with Crippen LogP contribution < -0.4 is 15.4 Å². The van der Waals surface area contributed by atoms with E-state index in [2.05, 4.69) is 15.6 Å². The summed E-state index contributed by atoms with van der Waals surface area (Å²) in [5, 5.41) is 6.32. The zero-order chi connectivity index (χ0) is 20.1. The van der Waals surface area contributed by atoms with Gasteiger partial charge in [-0.1, -0.05) is 12.1 Å². The van der Waals surface area contributed by atoms with Gasteiger partial charge in [-0.2, -0.15) is 0 Å². The maximum Gasteiger partial charge on any atom is 0.191 e. The number of ether oxygens (including phenoxy) is 2. The summed E-state index contributed by atoms with van der Waals surface area (Å²) in [4.78, 5) is 4.18. The Kier molecular flexibility index (Phi) is 9.48. The summed E-state index contributed by atoms with van der Waals surface area (Å²) in [6.07, 6.45) is 2.22. The largest absolute Gasteiger partial charge is 0.488 e. The van der Waals surface area contributed by atoms with Crippen LogP contribution in [-0.2, 0) is 21.1 Å². The third-order valence-electron chi connectivity index (χ3n) is 4.76. The van der Waals surface area contributed by atoms with E-state index < -0.39 is 14.6 Å². The molecule has 2 rings (SSSR count). The van der Waals surface area contributed by atoms with Crippen LogP contribution in [0.15, 0.2) is 23.2 Å². The van der Waals surface area contributed by atoms with E-state index in [9.17, 15) is 8.42 Å². The van der Waals surface area contributed by atoms with E-state index in [0.29, 0.717) is 19.1 Å². The Balaban J connectivity index is 0.00000392. The van der Waals surface area contributed by atoms with Crippen LogP contribution in [0.25, 0.3) is 0 Å². The molecule has 7 nitrogen and oxygen atoms in total. The van der Waals surface area contributed by atoms with E-state index in [0.717, 1.165) is 29.9 Å². The summed E-state index contributed by atoms with van der Waals surface area (Å²) in [7, 11) is -1.52. The number of nitrogens with one attached hydrogen (secondary N) is 2. The lowest BCUT2D eigenvalue weighted by molar-refractivity contribution is 0.140. The molecule has 1 fully saturated rings. The Morgan fingerprint density at radius 2 is 2.07 bits per heavy atom. The average molecular weight is 525 g/mol. The highest BCUT2D eigenvalue weighted by Crippen LogP contribution is 2.23. The first-order valence-corrected chi connectivity index (χ1v) is 11.0. The van der Waals surface area contributed by atoms with Crippen molar-refractivity contribution in [2.75, 3.05) is 33.1 Å². The SMILES string of the molecule is CN=C(NCc1ccc(C)cc1OC1CCOC1)NCC(C)(C)S(C)(=O)=O.I. The molecule has 1 aliphatic heterocycles. The Bertz CT molecular complexity index is 775. The Morgan fingerprint density at radius 1 is 1.36 bits per heavy atom. The Hall–Kier alpha value is -1.07. The molecule has 0 amide bonds. The number of sulfone groups is 1. The van der Waals surface area contributed by atoms with Crippen molar-refractivity contribution in [1.29, 1.82) is 0 Å². The third kappa shape index (κ3) is 7.07. The predicted molar refractivity (Wildman–Crippen MR) is 124 cm³/mol. The number of halogens is 1. The van der Waals surface area contributed by atoms with Gasteiger partial charge in [-0.05, 0) is 32.4 Å². The van der Waals surface area contributed by atoms with Crippen molar-refractivity contribution in [3.05, 3.63) is 29.3 Å². The van der Waals surface area contributed by atoms with Crippen LogP contribution in [0.4, 0.5) is 0 Å². The van der Waals surface area contributed by atoms with Crippen LogP contribution in [0.5, 0.6) is 5.75 Å². The number of hydrogen-bond donors (Lipinski definition) is 2. The molecule has 1 aromatic carbocycles. The van der Waals surface area contributed by atoms with E-state index in [4.69, 9.17) is 9.47 Å². The van der Waals surface area contributed by atoms with Gasteiger partial charge < -0.3 is 20.1 Å². The number of rotatable bonds is 7. The number of hydrogen-bond acceptors (Lipinski definition) is 5. The second-order valence-electron chi connectivity index (χ2n) is 7.53. The van der Waals surface area contributed by atoms with Crippen molar-refractivity contribution >= 4 is 39.8 Å². The number of aliphatic imine (C=N–C) groups is 1. The number of nitrogens with zero attached hydrogens (tertiary/aromatic N) is 1. The molecule has 28 heavy (non-hydrogen) atoms. The molecular weight excluding hydrogens is 493 g/mol. The molecule has 0 aliphatic carbocycles. The van der Waals surface area contributed by atoms with Crippen LogP contribution in [0.1, 0.15) is 31.4 Å². The van der Waals surface area contributed by atoms with E-state index in [1.165, 1.54) is 6.26 Å². The lowest BCUT2D eigenvalue weighted by atomic mass is 10.1. The van der Waals surface area contributed by atoms with Crippen LogP contribution >= 0.6 is 24.0 Å². The summed E-state index contributed by atoms with van der Waals surface area (Å²) >= 11 is 0. The van der Waals surface area contributed by atoms with E-state index in [1.807, 2.05) is 25.1 Å². The first-order valence-electron chi connectivity index (χ1n) is 9.10. The first-order chi connectivity index (χ1) is 12.6. The smallest absolute Gasteiger partial charge is 0.191 e. The molecule has 2 N–H and O–H groups in total. The van der Waals surface area contributed by atoms with Crippen molar-refractivity contribution in [2.24, 2.45) is 4.99 Å². The van der Waals surface area contributed by atoms with Crippen molar-refractivity contribution in [2.45, 2.75) is 44.6 Å². The molecule has 0 spiro atoms. The zero-order valence-corrected chi connectivity index (χ0v) is 20.4. The highest BCUT2D eigenvalue weighted by Gasteiger charge is 2.30. The Labute approximate surface area is 185 Å². The van der Waals surface area contributed by atoms with E-state index in [1.54, 1.807) is 20.9 Å². The van der Waals surface area contributed by atoms with Gasteiger partial charge in [-0.25, -0.2) is 8.42 Å². The van der Waals surface area contributed by atoms with Crippen molar-refractivity contribution in [3.63, 3.8) is 0 Å². The van der Waals surface area contributed by atoms with Gasteiger partial charge in [-0.15, -0.1) is 24.0 Å². The molecule has 0 saturated carbocycles. The van der Waals surface area contributed by atoms with E-state index in [-0.39, 0.29) is 36.6 Å². The molecule has 0 bridgehead atoms. The van der Waals surface area contributed by atoms with Crippen LogP contribution in [0, 0.1) is 6.92 Å². The van der Waals surface area contributed by atoms with Gasteiger partial charge >= 0.3 is 0 Å². The fourth-order valence-corrected chi connectivity index (χ4v) is 2.86. The van der Waals surface area contributed by atoms with Gasteiger partial charge in [0.1, 0.15) is 11.9 Å². The molecule has 1 heterocycles. The quantitative estimate of drug-likeness (QED) is 0.323. The lowest BCUT2D eigenvalue weighted by Crippen LogP contribution is -2.47. The minimum absolute atomic E-state index is 0. The maximum atomic E-state index is 11.8. The number of guanidine groups is 1. The first kappa shape index (κ1) is 25.0. The van der Waals surface area contributed by atoms with Crippen LogP contribution in [0.3, 0.4) is 0 Å². The van der Waals surface area contributed by atoms with Crippen LogP contribution in [0.2, 0.25) is 0 Å². The fourth-order valence-electron chi connectivity index (χ4n) is 2.53. The predicted octanol–water partition coefficient (Wildman–Crippen LogP) is 2.27. The molecule has 1 atom stereocenters. The van der Waals surface area contributed by atoms with Crippen molar-refractivity contribution < 1.29 is 17.9 Å². The summed E-state index contributed by atoms with van der Waals surface area (Å²) < 4.78 is 34.3. The Morgan fingerprint density at radius 3 is 2.64 bits per heavy atom. The molecule has 0 radical (unpaired) electrons. The third-order valence-corrected chi connectivity index (χ3v) is 6.91. The standard InChI is InChI=1S/C19H31N3O4S.HI/c1-14-6-7-15(17(10-14)26-16-8-9-25-12-16)11-21-18(20-4)22-13-19(2,3)27(5,23)24;/h6-7,10,16H,8-9,11-13H2,1-5H3,(H2,20,21,22);1H. The molecule has 160 valence electrons. The summed E-state index contributed by atoms with van der Waals surface area (Å²) in [5.41, 5.74) is 2.14. The van der Waals surface area contributed by atoms with Gasteiger partial charge in [0.25, 0.3) is 0 Å². The summed E-state index contributed by atoms with van der Waals surface area (Å²) in [5.74, 6) is 1.38. The highest BCUT2D eigenvalue weighted by atomic mass is 127. The molecular formula is C19H32IN3O4S. The zero-order valence-electron chi connectivity index (χ0n) is 17.2. The molecule has 0 aromatic heterocycles. The summed E-state index contributed by atoms with van der Waals surface area (Å²) in [6.45, 7) is 7.55. The average Bonchev–Trinajstić information content (AvgIpc) is 3.08. The normalized spacial score (nSPS) is 17.8. The second kappa shape index (κ2) is 10.6. The molecule has 9 heteroatoms. The van der Waals surface area contributed by atoms with E-state index >= 15 is 0 Å². The molecule has 1 aromatic rings. The van der Waals surface area contributed by atoms with Crippen molar-refractivity contribution in [3.8, 4) is 5.75 Å². The molecule has 1 unspecified atom stereocenters. The minimum Gasteiger partial charge on any atom is -0.488 e. The van der Waals surface area contributed by atoms with Gasteiger partial charge in [0.15, 0.2) is 15.8 Å². The topological polar surface area (TPSA) is 89.0 Å². The highest BCUT2D eigenvalue weighted by molar-refractivity contribution is 14.0. The van der Waals surface area contributed by atoms with Gasteiger partial charge in [0.2, 0.25) is 0 Å². The number of benzene rings is 1. The number of aryl methyl sites for hydroxylation is 1. The van der Waals surface area contributed by atoms with Crippen molar-refractivity contribution in [1.82, 2.24) is 10.6 Å². The fraction of sp³-hybridized carbons (Fsp3) is 0.632. The molecule has 1 saturated heterocycles. The van der Waals surface area contributed by atoms with Gasteiger partial charge in [0.05, 0.1) is 18.0 Å². The minimum atomic E-state index is -3.18. The van der Waals surface area contributed by atoms with Gasteiger partial charge in [0, 0.05) is 38.4 Å². The molecule has 1 aliphatic rings. The lowest BCUT2D eigenvalue weighted by Gasteiger charge is -2.24. The maximum absolute atomic E-state index is 11.8.